The number of alkyl halides is 3. The fraction of sp³-hybridized carbons (Fsp3) is 0.300. The zero-order valence-electron chi connectivity index (χ0n) is 14.5. The molecule has 0 fully saturated rings. The molecule has 0 saturated carbocycles. The van der Waals surface area contributed by atoms with Crippen LogP contribution in [-0.4, -0.2) is 17.8 Å². The molecule has 138 valence electrons. The molecule has 26 heavy (non-hydrogen) atoms. The van der Waals surface area contributed by atoms with Crippen molar-refractivity contribution in [2.75, 3.05) is 12.8 Å². The van der Waals surface area contributed by atoms with Crippen molar-refractivity contribution in [3.63, 3.8) is 0 Å². The number of unbranched alkanes of at least 4 members (excludes halogenated alkanes) is 1. The number of para-hydroxylation sites is 1. The summed E-state index contributed by atoms with van der Waals surface area (Å²) in [7, 11) is 0. The number of nitrogens with one attached hydrogen (secondary N) is 1. The molecule has 0 bridgehead atoms. The largest absolute Gasteiger partial charge is 0.418 e. The second-order valence-corrected chi connectivity index (χ2v) is 7.00. The molecule has 1 heterocycles. The number of hydrogen-bond acceptors (Lipinski definition) is 2. The predicted octanol–water partition coefficient (Wildman–Crippen LogP) is 5.86. The minimum Gasteiger partial charge on any atom is -0.354 e. The first-order valence-electron chi connectivity index (χ1n) is 8.51. The lowest BCUT2D eigenvalue weighted by Crippen LogP contribution is -2.05. The highest BCUT2D eigenvalue weighted by atomic mass is 32.2. The highest BCUT2D eigenvalue weighted by Gasteiger charge is 2.34. The number of rotatable bonds is 6. The number of aromatic amines is 1. The quantitative estimate of drug-likeness (QED) is 0.417. The Hall–Kier alpha value is -1.92. The summed E-state index contributed by atoms with van der Waals surface area (Å²) in [4.78, 5) is 4.13. The van der Waals surface area contributed by atoms with Gasteiger partial charge in [-0.25, -0.2) is 0 Å². The summed E-state index contributed by atoms with van der Waals surface area (Å²) in [5.74, 6) is 0. The number of hydrogen-bond donors (Lipinski definition) is 2. The number of aryl methyl sites for hydroxylation is 1. The molecule has 1 aromatic heterocycles. The molecule has 2 aromatic carbocycles. The maximum absolute atomic E-state index is 13.5. The van der Waals surface area contributed by atoms with Crippen LogP contribution in [-0.2, 0) is 12.6 Å². The van der Waals surface area contributed by atoms with Gasteiger partial charge in [0.05, 0.1) is 16.8 Å². The summed E-state index contributed by atoms with van der Waals surface area (Å²) in [6, 6.07) is 12.2. The van der Waals surface area contributed by atoms with Gasteiger partial charge in [-0.05, 0) is 49.8 Å². The first-order chi connectivity index (χ1) is 12.5. The third-order valence-corrected chi connectivity index (χ3v) is 5.30. The van der Waals surface area contributed by atoms with E-state index in [1.54, 1.807) is 17.8 Å². The number of benzene rings is 2. The third-order valence-electron chi connectivity index (χ3n) is 4.50. The zero-order chi connectivity index (χ0) is 18.7. The maximum atomic E-state index is 13.5. The van der Waals surface area contributed by atoms with Gasteiger partial charge in [-0.1, -0.05) is 30.3 Å². The van der Waals surface area contributed by atoms with E-state index in [-0.39, 0.29) is 5.52 Å². The molecule has 3 rings (SSSR count). The smallest absolute Gasteiger partial charge is 0.354 e. The summed E-state index contributed by atoms with van der Waals surface area (Å²) in [5.41, 5.74) is 7.78. The van der Waals surface area contributed by atoms with E-state index in [1.165, 1.54) is 6.07 Å². The Kier molecular flexibility index (Phi) is 5.63. The summed E-state index contributed by atoms with van der Waals surface area (Å²) < 4.78 is 40.4. The third kappa shape index (κ3) is 3.62. The Labute approximate surface area is 155 Å². The van der Waals surface area contributed by atoms with Crippen molar-refractivity contribution in [1.29, 1.82) is 0 Å². The molecule has 0 aliphatic rings. The lowest BCUT2D eigenvalue weighted by molar-refractivity contribution is -0.136. The molecule has 2 nitrogen and oxygen atoms in total. The van der Waals surface area contributed by atoms with E-state index in [2.05, 4.69) is 4.98 Å². The van der Waals surface area contributed by atoms with Crippen LogP contribution < -0.4 is 5.73 Å². The van der Waals surface area contributed by atoms with Crippen LogP contribution in [0.25, 0.3) is 22.2 Å². The average molecular weight is 378 g/mol. The van der Waals surface area contributed by atoms with E-state index in [4.69, 9.17) is 5.73 Å². The van der Waals surface area contributed by atoms with Crippen LogP contribution in [0, 0.1) is 0 Å². The van der Waals surface area contributed by atoms with E-state index in [0.717, 1.165) is 40.6 Å². The number of halogens is 3. The molecule has 0 spiro atoms. The minimum absolute atomic E-state index is 0.161. The Bertz CT molecular complexity index is 900. The molecular weight excluding hydrogens is 357 g/mol. The Morgan fingerprint density at radius 1 is 1.04 bits per heavy atom. The van der Waals surface area contributed by atoms with Crippen LogP contribution in [0.4, 0.5) is 13.2 Å². The zero-order valence-corrected chi connectivity index (χ0v) is 15.3. The average Bonchev–Trinajstić information content (AvgIpc) is 2.99. The lowest BCUT2D eigenvalue weighted by Gasteiger charge is -2.09. The molecule has 0 radical (unpaired) electrons. The molecule has 0 amide bonds. The maximum Gasteiger partial charge on any atom is 0.418 e. The Balaban J connectivity index is 2.25. The van der Waals surface area contributed by atoms with Crippen molar-refractivity contribution in [3.8, 4) is 11.3 Å². The van der Waals surface area contributed by atoms with E-state index in [9.17, 15) is 13.2 Å². The number of nitrogens with two attached hydrogens (primary N) is 1. The Morgan fingerprint density at radius 2 is 1.81 bits per heavy atom. The van der Waals surface area contributed by atoms with E-state index in [0.29, 0.717) is 18.4 Å². The van der Waals surface area contributed by atoms with Gasteiger partial charge in [0, 0.05) is 15.8 Å². The number of aromatic nitrogens is 1. The topological polar surface area (TPSA) is 41.8 Å². The van der Waals surface area contributed by atoms with Crippen molar-refractivity contribution in [2.24, 2.45) is 5.73 Å². The van der Waals surface area contributed by atoms with E-state index in [1.807, 2.05) is 30.5 Å². The van der Waals surface area contributed by atoms with Crippen molar-refractivity contribution < 1.29 is 13.2 Å². The molecule has 6 heteroatoms. The fourth-order valence-corrected chi connectivity index (χ4v) is 3.90. The lowest BCUT2D eigenvalue weighted by atomic mass is 9.99. The predicted molar refractivity (Wildman–Crippen MR) is 103 cm³/mol. The number of fused-ring (bicyclic) bond motifs is 1. The van der Waals surface area contributed by atoms with Gasteiger partial charge in [-0.2, -0.15) is 13.2 Å². The summed E-state index contributed by atoms with van der Waals surface area (Å²) in [5, 5.41) is 0.641. The second-order valence-electron chi connectivity index (χ2n) is 6.15. The molecule has 0 atom stereocenters. The van der Waals surface area contributed by atoms with Crippen molar-refractivity contribution in [3.05, 3.63) is 53.6 Å². The van der Waals surface area contributed by atoms with Crippen LogP contribution in [0.3, 0.4) is 0 Å². The fourth-order valence-electron chi connectivity index (χ4n) is 3.30. The molecule has 0 aliphatic carbocycles. The first-order valence-corrected chi connectivity index (χ1v) is 9.74. The van der Waals surface area contributed by atoms with Crippen LogP contribution >= 0.6 is 11.8 Å². The minimum atomic E-state index is -4.39. The molecule has 0 unspecified atom stereocenters. The van der Waals surface area contributed by atoms with Gasteiger partial charge < -0.3 is 10.7 Å². The molecular formula is C20H21F3N2S. The van der Waals surface area contributed by atoms with Gasteiger partial charge in [-0.3, -0.25) is 0 Å². The van der Waals surface area contributed by atoms with Crippen LogP contribution in [0.2, 0.25) is 0 Å². The van der Waals surface area contributed by atoms with Gasteiger partial charge in [-0.15, -0.1) is 11.8 Å². The molecule has 3 N–H and O–H groups in total. The van der Waals surface area contributed by atoms with Crippen LogP contribution in [0.5, 0.6) is 0 Å². The van der Waals surface area contributed by atoms with Crippen LogP contribution in [0.15, 0.2) is 47.4 Å². The number of H-pyrrole nitrogens is 1. The van der Waals surface area contributed by atoms with Gasteiger partial charge >= 0.3 is 6.18 Å². The van der Waals surface area contributed by atoms with Crippen molar-refractivity contribution in [1.82, 2.24) is 4.98 Å². The number of thioether (sulfide) groups is 1. The summed E-state index contributed by atoms with van der Waals surface area (Å²) in [6.07, 6.45) is -0.0497. The summed E-state index contributed by atoms with van der Waals surface area (Å²) in [6.45, 7) is 0.576. The molecule has 0 aliphatic heterocycles. The first kappa shape index (κ1) is 18.9. The standard InChI is InChI=1S/C20H21F3N2S/c1-26-17-11-3-2-8-15(17)18-13(7-4-5-12-24)14-9-6-10-16(19(14)25-18)20(21,22)23/h2-3,6,8-11,25H,4-5,7,12,24H2,1H3. The normalized spacial score (nSPS) is 12.0. The van der Waals surface area contributed by atoms with E-state index >= 15 is 0 Å². The van der Waals surface area contributed by atoms with Gasteiger partial charge in [0.2, 0.25) is 0 Å². The Morgan fingerprint density at radius 3 is 2.50 bits per heavy atom. The molecule has 3 aromatic rings. The van der Waals surface area contributed by atoms with Gasteiger partial charge in [0.1, 0.15) is 0 Å². The van der Waals surface area contributed by atoms with Crippen LogP contribution in [0.1, 0.15) is 24.0 Å². The highest BCUT2D eigenvalue weighted by Crippen LogP contribution is 2.41. The SMILES string of the molecule is CSc1ccccc1-c1[nH]c2c(C(F)(F)F)cccc2c1CCCCN. The van der Waals surface area contributed by atoms with Crippen molar-refractivity contribution >= 4 is 22.7 Å². The summed E-state index contributed by atoms with van der Waals surface area (Å²) >= 11 is 1.58. The molecule has 0 saturated heterocycles. The van der Waals surface area contributed by atoms with Crippen molar-refractivity contribution in [2.45, 2.75) is 30.3 Å². The monoisotopic (exact) mass is 378 g/mol. The van der Waals surface area contributed by atoms with E-state index < -0.39 is 11.7 Å². The highest BCUT2D eigenvalue weighted by molar-refractivity contribution is 7.98. The second kappa shape index (κ2) is 7.76. The van der Waals surface area contributed by atoms with Gasteiger partial charge in [0.15, 0.2) is 0 Å². The van der Waals surface area contributed by atoms with Gasteiger partial charge in [0.25, 0.3) is 0 Å².